The summed E-state index contributed by atoms with van der Waals surface area (Å²) < 4.78 is 6.78. The molecule has 28 heavy (non-hydrogen) atoms. The van der Waals surface area contributed by atoms with Crippen molar-refractivity contribution >= 4 is 17.7 Å². The zero-order valence-corrected chi connectivity index (χ0v) is 15.6. The standard InChI is InChI=1S/C21H22N4O3/c1-2-28-20(26)16-8-10-19(11-9-16)24-21(27)22-14-17-6-3-4-7-18(17)15-25-13-5-12-23-25/h3-13H,2,14-15H2,1H3,(H2,22,24,27). The summed E-state index contributed by atoms with van der Waals surface area (Å²) in [7, 11) is 0. The Morgan fingerprint density at radius 2 is 1.79 bits per heavy atom. The van der Waals surface area contributed by atoms with Crippen molar-refractivity contribution in [3.05, 3.63) is 83.7 Å². The van der Waals surface area contributed by atoms with Crippen molar-refractivity contribution in [3.63, 3.8) is 0 Å². The molecule has 0 fully saturated rings. The van der Waals surface area contributed by atoms with E-state index in [0.717, 1.165) is 11.1 Å². The van der Waals surface area contributed by atoms with Crippen LogP contribution in [0.1, 0.15) is 28.4 Å². The predicted molar refractivity (Wildman–Crippen MR) is 106 cm³/mol. The van der Waals surface area contributed by atoms with Gasteiger partial charge in [-0.1, -0.05) is 24.3 Å². The number of hydrogen-bond acceptors (Lipinski definition) is 4. The molecule has 0 aliphatic heterocycles. The van der Waals surface area contributed by atoms with Crippen LogP contribution in [0.2, 0.25) is 0 Å². The molecule has 0 aliphatic rings. The molecule has 2 aromatic carbocycles. The number of ether oxygens (including phenoxy) is 1. The van der Waals surface area contributed by atoms with Gasteiger partial charge in [-0.05, 0) is 48.4 Å². The highest BCUT2D eigenvalue weighted by Gasteiger charge is 2.08. The third-order valence-corrected chi connectivity index (χ3v) is 4.10. The lowest BCUT2D eigenvalue weighted by atomic mass is 10.1. The Kier molecular flexibility index (Phi) is 6.41. The second-order valence-electron chi connectivity index (χ2n) is 6.08. The second-order valence-corrected chi connectivity index (χ2v) is 6.08. The van der Waals surface area contributed by atoms with Gasteiger partial charge in [0.2, 0.25) is 0 Å². The fourth-order valence-corrected chi connectivity index (χ4v) is 2.71. The normalized spacial score (nSPS) is 10.3. The Morgan fingerprint density at radius 1 is 1.04 bits per heavy atom. The van der Waals surface area contributed by atoms with Gasteiger partial charge in [-0.3, -0.25) is 4.68 Å². The molecular formula is C21H22N4O3. The molecule has 0 aliphatic carbocycles. The average molecular weight is 378 g/mol. The summed E-state index contributed by atoms with van der Waals surface area (Å²) in [4.78, 5) is 23.9. The number of rotatable bonds is 7. The number of carbonyl (C=O) groups is 2. The molecule has 3 rings (SSSR count). The zero-order chi connectivity index (χ0) is 19.8. The molecule has 0 unspecified atom stereocenters. The topological polar surface area (TPSA) is 85.2 Å². The first-order valence-corrected chi connectivity index (χ1v) is 9.02. The molecule has 0 saturated heterocycles. The highest BCUT2D eigenvalue weighted by molar-refractivity contribution is 5.92. The van der Waals surface area contributed by atoms with E-state index in [9.17, 15) is 9.59 Å². The first kappa shape index (κ1) is 19.2. The summed E-state index contributed by atoms with van der Waals surface area (Å²) in [6.07, 6.45) is 3.64. The van der Waals surface area contributed by atoms with Gasteiger partial charge in [0.25, 0.3) is 0 Å². The number of urea groups is 1. The molecule has 2 N–H and O–H groups in total. The van der Waals surface area contributed by atoms with Crippen LogP contribution < -0.4 is 10.6 Å². The number of nitrogens with one attached hydrogen (secondary N) is 2. The van der Waals surface area contributed by atoms with E-state index in [1.54, 1.807) is 37.4 Å². The number of aromatic nitrogens is 2. The lowest BCUT2D eigenvalue weighted by Gasteiger charge is -2.12. The van der Waals surface area contributed by atoms with Gasteiger partial charge < -0.3 is 15.4 Å². The number of benzene rings is 2. The molecule has 3 aromatic rings. The zero-order valence-electron chi connectivity index (χ0n) is 15.6. The fourth-order valence-electron chi connectivity index (χ4n) is 2.71. The van der Waals surface area contributed by atoms with E-state index in [1.165, 1.54) is 0 Å². The molecule has 144 valence electrons. The number of nitrogens with zero attached hydrogens (tertiary/aromatic N) is 2. The number of carbonyl (C=O) groups excluding carboxylic acids is 2. The lowest BCUT2D eigenvalue weighted by Crippen LogP contribution is -2.28. The monoisotopic (exact) mass is 378 g/mol. The summed E-state index contributed by atoms with van der Waals surface area (Å²) in [6.45, 7) is 3.11. The molecule has 2 amide bonds. The fraction of sp³-hybridized carbons (Fsp3) is 0.190. The van der Waals surface area contributed by atoms with E-state index < -0.39 is 0 Å². The molecule has 0 saturated carbocycles. The number of hydrogen-bond donors (Lipinski definition) is 2. The summed E-state index contributed by atoms with van der Waals surface area (Å²) in [5, 5.41) is 9.83. The maximum Gasteiger partial charge on any atom is 0.338 e. The van der Waals surface area contributed by atoms with Crippen LogP contribution in [0.5, 0.6) is 0 Å². The quantitative estimate of drug-likeness (QED) is 0.617. The Labute approximate surface area is 163 Å². The Hall–Kier alpha value is -3.61. The van der Waals surface area contributed by atoms with Crippen molar-refractivity contribution in [1.29, 1.82) is 0 Å². The minimum absolute atomic E-state index is 0.322. The van der Waals surface area contributed by atoms with Gasteiger partial charge in [-0.25, -0.2) is 9.59 Å². The van der Waals surface area contributed by atoms with Gasteiger partial charge in [0.1, 0.15) is 0 Å². The van der Waals surface area contributed by atoms with E-state index in [-0.39, 0.29) is 12.0 Å². The second kappa shape index (κ2) is 9.36. The lowest BCUT2D eigenvalue weighted by molar-refractivity contribution is 0.0526. The molecule has 7 heteroatoms. The number of esters is 1. The van der Waals surface area contributed by atoms with Crippen LogP contribution in [-0.4, -0.2) is 28.4 Å². The summed E-state index contributed by atoms with van der Waals surface area (Å²) in [5.74, 6) is -0.382. The maximum atomic E-state index is 12.2. The van der Waals surface area contributed by atoms with Crippen LogP contribution >= 0.6 is 0 Å². The molecular weight excluding hydrogens is 356 g/mol. The van der Waals surface area contributed by atoms with Gasteiger partial charge in [0.15, 0.2) is 0 Å². The minimum Gasteiger partial charge on any atom is -0.462 e. The van der Waals surface area contributed by atoms with Crippen LogP contribution in [0.25, 0.3) is 0 Å². The number of amides is 2. The molecule has 0 bridgehead atoms. The molecule has 1 aromatic heterocycles. The van der Waals surface area contributed by atoms with Crippen molar-refractivity contribution in [2.75, 3.05) is 11.9 Å². The van der Waals surface area contributed by atoms with Gasteiger partial charge in [0.05, 0.1) is 18.7 Å². The third-order valence-electron chi connectivity index (χ3n) is 4.10. The first-order chi connectivity index (χ1) is 13.7. The smallest absolute Gasteiger partial charge is 0.338 e. The van der Waals surface area contributed by atoms with Crippen molar-refractivity contribution in [2.45, 2.75) is 20.0 Å². The van der Waals surface area contributed by atoms with Crippen LogP contribution in [0.3, 0.4) is 0 Å². The van der Waals surface area contributed by atoms with Crippen molar-refractivity contribution in [1.82, 2.24) is 15.1 Å². The molecule has 0 atom stereocenters. The first-order valence-electron chi connectivity index (χ1n) is 9.02. The maximum absolute atomic E-state index is 12.2. The van der Waals surface area contributed by atoms with Crippen molar-refractivity contribution in [3.8, 4) is 0 Å². The van der Waals surface area contributed by atoms with Crippen molar-refractivity contribution in [2.24, 2.45) is 0 Å². The molecule has 7 nitrogen and oxygen atoms in total. The highest BCUT2D eigenvalue weighted by Crippen LogP contribution is 2.12. The number of anilines is 1. The Bertz CT molecular complexity index is 921. The SMILES string of the molecule is CCOC(=O)c1ccc(NC(=O)NCc2ccccc2Cn2cccn2)cc1. The largest absolute Gasteiger partial charge is 0.462 e. The van der Waals surface area contributed by atoms with Crippen LogP contribution in [0, 0.1) is 0 Å². The van der Waals surface area contributed by atoms with E-state index in [0.29, 0.717) is 30.9 Å². The summed E-state index contributed by atoms with van der Waals surface area (Å²) in [5.41, 5.74) is 3.15. The predicted octanol–water partition coefficient (Wildman–Crippen LogP) is 3.43. The van der Waals surface area contributed by atoms with E-state index in [4.69, 9.17) is 4.74 Å². The van der Waals surface area contributed by atoms with Gasteiger partial charge in [-0.15, -0.1) is 0 Å². The van der Waals surface area contributed by atoms with Crippen LogP contribution in [0.15, 0.2) is 67.0 Å². The van der Waals surface area contributed by atoms with E-state index >= 15 is 0 Å². The van der Waals surface area contributed by atoms with E-state index in [1.807, 2.05) is 41.2 Å². The molecule has 0 radical (unpaired) electrons. The van der Waals surface area contributed by atoms with E-state index in [2.05, 4.69) is 15.7 Å². The molecule has 1 heterocycles. The van der Waals surface area contributed by atoms with Crippen LogP contribution in [0.4, 0.5) is 10.5 Å². The van der Waals surface area contributed by atoms with Crippen LogP contribution in [-0.2, 0) is 17.8 Å². The summed E-state index contributed by atoms with van der Waals surface area (Å²) in [6, 6.07) is 16.0. The highest BCUT2D eigenvalue weighted by atomic mass is 16.5. The summed E-state index contributed by atoms with van der Waals surface area (Å²) >= 11 is 0. The van der Waals surface area contributed by atoms with Crippen molar-refractivity contribution < 1.29 is 14.3 Å². The average Bonchev–Trinajstić information content (AvgIpc) is 3.21. The molecule has 0 spiro atoms. The van der Waals surface area contributed by atoms with Gasteiger partial charge in [0, 0.05) is 24.6 Å². The van der Waals surface area contributed by atoms with Gasteiger partial charge in [-0.2, -0.15) is 5.10 Å². The van der Waals surface area contributed by atoms with Gasteiger partial charge >= 0.3 is 12.0 Å². The Balaban J connectivity index is 1.55. The third kappa shape index (κ3) is 5.20. The minimum atomic E-state index is -0.382. The Morgan fingerprint density at radius 3 is 2.46 bits per heavy atom.